The molecule has 3 nitrogen and oxygen atoms in total. The van der Waals surface area contributed by atoms with E-state index in [2.05, 4.69) is 38.8 Å². The van der Waals surface area contributed by atoms with Crippen LogP contribution in [0.1, 0.15) is 19.8 Å². The zero-order valence-corrected chi connectivity index (χ0v) is 11.2. The van der Waals surface area contributed by atoms with Crippen molar-refractivity contribution in [3.63, 3.8) is 0 Å². The molecule has 0 amide bonds. The first-order valence-corrected chi connectivity index (χ1v) is 6.58. The van der Waals surface area contributed by atoms with E-state index < -0.39 is 0 Å². The van der Waals surface area contributed by atoms with Gasteiger partial charge in [-0.25, -0.2) is 4.98 Å². The molecule has 1 aliphatic rings. The van der Waals surface area contributed by atoms with Crippen LogP contribution in [0, 0.1) is 5.92 Å². The average molecular weight is 284 g/mol. The minimum absolute atomic E-state index is 0.442. The van der Waals surface area contributed by atoms with Gasteiger partial charge in [0.2, 0.25) is 0 Å². The summed E-state index contributed by atoms with van der Waals surface area (Å²) in [6.45, 7) is 4.08. The first kappa shape index (κ1) is 11.9. The monoisotopic (exact) mass is 283 g/mol. The Morgan fingerprint density at radius 2 is 2.38 bits per heavy atom. The molecule has 1 fully saturated rings. The van der Waals surface area contributed by atoms with Gasteiger partial charge in [-0.05, 0) is 46.8 Å². The van der Waals surface area contributed by atoms with E-state index in [1.54, 1.807) is 0 Å². The fraction of sp³-hybridized carbons (Fsp3) is 0.583. The largest absolute Gasteiger partial charge is 0.352 e. The van der Waals surface area contributed by atoms with Gasteiger partial charge in [0.15, 0.2) is 0 Å². The highest BCUT2D eigenvalue weighted by atomic mass is 79.9. The van der Waals surface area contributed by atoms with E-state index in [4.69, 9.17) is 5.73 Å². The third-order valence-corrected chi connectivity index (χ3v) is 3.73. The Bertz CT molecular complexity index is 339. The molecule has 0 bridgehead atoms. The van der Waals surface area contributed by atoms with Crippen molar-refractivity contribution in [3.8, 4) is 0 Å². The van der Waals surface area contributed by atoms with Crippen molar-refractivity contribution in [1.82, 2.24) is 4.98 Å². The Hall–Kier alpha value is -0.610. The number of aromatic nitrogens is 1. The SMILES string of the molecule is CC1CCN(c2ccc(Br)cn2)C(CN)C1. The molecule has 1 saturated heterocycles. The highest BCUT2D eigenvalue weighted by Gasteiger charge is 2.25. The van der Waals surface area contributed by atoms with E-state index in [-0.39, 0.29) is 0 Å². The van der Waals surface area contributed by atoms with E-state index in [1.165, 1.54) is 12.8 Å². The molecule has 1 aliphatic heterocycles. The fourth-order valence-electron chi connectivity index (χ4n) is 2.31. The smallest absolute Gasteiger partial charge is 0.128 e. The van der Waals surface area contributed by atoms with E-state index in [9.17, 15) is 0 Å². The summed E-state index contributed by atoms with van der Waals surface area (Å²) in [5, 5.41) is 0. The van der Waals surface area contributed by atoms with Gasteiger partial charge in [-0.3, -0.25) is 0 Å². The van der Waals surface area contributed by atoms with Gasteiger partial charge in [0.1, 0.15) is 5.82 Å². The lowest BCUT2D eigenvalue weighted by Crippen LogP contribution is -2.46. The molecular formula is C12H18BrN3. The van der Waals surface area contributed by atoms with Crippen molar-refractivity contribution < 1.29 is 0 Å². The third kappa shape index (κ3) is 2.55. The number of halogens is 1. The van der Waals surface area contributed by atoms with Crippen molar-refractivity contribution in [2.75, 3.05) is 18.0 Å². The van der Waals surface area contributed by atoms with Crippen molar-refractivity contribution in [3.05, 3.63) is 22.8 Å². The van der Waals surface area contributed by atoms with Gasteiger partial charge in [-0.1, -0.05) is 6.92 Å². The van der Waals surface area contributed by atoms with E-state index in [0.717, 1.165) is 22.8 Å². The van der Waals surface area contributed by atoms with Gasteiger partial charge in [-0.2, -0.15) is 0 Å². The Labute approximate surface area is 105 Å². The second-order valence-electron chi connectivity index (χ2n) is 4.55. The number of pyridine rings is 1. The summed E-state index contributed by atoms with van der Waals surface area (Å²) in [6, 6.07) is 4.54. The number of hydrogen-bond donors (Lipinski definition) is 1. The summed E-state index contributed by atoms with van der Waals surface area (Å²) in [5.74, 6) is 1.82. The number of piperidine rings is 1. The molecule has 1 aromatic rings. The molecule has 2 heterocycles. The summed E-state index contributed by atoms with van der Waals surface area (Å²) in [5.41, 5.74) is 5.84. The van der Waals surface area contributed by atoms with Crippen LogP contribution < -0.4 is 10.6 Å². The van der Waals surface area contributed by atoms with Crippen molar-refractivity contribution in [1.29, 1.82) is 0 Å². The van der Waals surface area contributed by atoms with Crippen molar-refractivity contribution in [2.24, 2.45) is 11.7 Å². The zero-order chi connectivity index (χ0) is 11.5. The molecule has 0 aliphatic carbocycles. The van der Waals surface area contributed by atoms with E-state index in [0.29, 0.717) is 12.6 Å². The first-order chi connectivity index (χ1) is 7.70. The Morgan fingerprint density at radius 3 is 3.00 bits per heavy atom. The maximum absolute atomic E-state index is 5.84. The van der Waals surface area contributed by atoms with Gasteiger partial charge >= 0.3 is 0 Å². The lowest BCUT2D eigenvalue weighted by atomic mass is 9.92. The van der Waals surface area contributed by atoms with Crippen LogP contribution in [0.15, 0.2) is 22.8 Å². The predicted octanol–water partition coefficient (Wildman–Crippen LogP) is 2.41. The van der Waals surface area contributed by atoms with Gasteiger partial charge in [0.25, 0.3) is 0 Å². The van der Waals surface area contributed by atoms with Crippen LogP contribution in [-0.2, 0) is 0 Å². The lowest BCUT2D eigenvalue weighted by Gasteiger charge is -2.38. The quantitative estimate of drug-likeness (QED) is 0.906. The molecule has 0 radical (unpaired) electrons. The molecule has 1 aromatic heterocycles. The molecule has 0 aromatic carbocycles. The van der Waals surface area contributed by atoms with Gasteiger partial charge < -0.3 is 10.6 Å². The number of rotatable bonds is 2. The fourth-order valence-corrected chi connectivity index (χ4v) is 2.55. The molecule has 2 atom stereocenters. The zero-order valence-electron chi connectivity index (χ0n) is 9.56. The number of hydrogen-bond acceptors (Lipinski definition) is 3. The Kier molecular flexibility index (Phi) is 3.82. The van der Waals surface area contributed by atoms with Crippen LogP contribution in [0.3, 0.4) is 0 Å². The molecular weight excluding hydrogens is 266 g/mol. The van der Waals surface area contributed by atoms with Crippen LogP contribution in [0.2, 0.25) is 0 Å². The molecule has 2 N–H and O–H groups in total. The lowest BCUT2D eigenvalue weighted by molar-refractivity contribution is 0.365. The standard InChI is InChI=1S/C12H18BrN3/c1-9-4-5-16(11(6-9)7-14)12-3-2-10(13)8-15-12/h2-3,8-9,11H,4-7,14H2,1H3. The van der Waals surface area contributed by atoms with Gasteiger partial charge in [-0.15, -0.1) is 0 Å². The molecule has 88 valence electrons. The summed E-state index contributed by atoms with van der Waals surface area (Å²) in [4.78, 5) is 6.79. The topological polar surface area (TPSA) is 42.2 Å². The van der Waals surface area contributed by atoms with Crippen LogP contribution in [-0.4, -0.2) is 24.1 Å². The van der Waals surface area contributed by atoms with Crippen LogP contribution in [0.4, 0.5) is 5.82 Å². The molecule has 0 spiro atoms. The minimum atomic E-state index is 0.442. The summed E-state index contributed by atoms with van der Waals surface area (Å²) in [6.07, 6.45) is 4.25. The van der Waals surface area contributed by atoms with Gasteiger partial charge in [0.05, 0.1) is 0 Å². The van der Waals surface area contributed by atoms with Crippen LogP contribution in [0.25, 0.3) is 0 Å². The highest BCUT2D eigenvalue weighted by Crippen LogP contribution is 2.26. The second-order valence-corrected chi connectivity index (χ2v) is 5.46. The van der Waals surface area contributed by atoms with Gasteiger partial charge in [0, 0.05) is 29.8 Å². The molecule has 2 unspecified atom stereocenters. The third-order valence-electron chi connectivity index (χ3n) is 3.26. The normalized spacial score (nSPS) is 25.8. The van der Waals surface area contributed by atoms with E-state index >= 15 is 0 Å². The van der Waals surface area contributed by atoms with Crippen LogP contribution in [0.5, 0.6) is 0 Å². The Balaban J connectivity index is 2.15. The molecule has 0 saturated carbocycles. The molecule has 4 heteroatoms. The number of anilines is 1. The molecule has 16 heavy (non-hydrogen) atoms. The summed E-state index contributed by atoms with van der Waals surface area (Å²) in [7, 11) is 0. The average Bonchev–Trinajstić information content (AvgIpc) is 2.30. The second kappa shape index (κ2) is 5.15. The molecule has 2 rings (SSSR count). The summed E-state index contributed by atoms with van der Waals surface area (Å²) >= 11 is 3.41. The maximum Gasteiger partial charge on any atom is 0.128 e. The Morgan fingerprint density at radius 1 is 1.56 bits per heavy atom. The number of nitrogens with two attached hydrogens (primary N) is 1. The van der Waals surface area contributed by atoms with Crippen LogP contribution >= 0.6 is 15.9 Å². The summed E-state index contributed by atoms with van der Waals surface area (Å²) < 4.78 is 1.02. The maximum atomic E-state index is 5.84. The minimum Gasteiger partial charge on any atom is -0.352 e. The highest BCUT2D eigenvalue weighted by molar-refractivity contribution is 9.10. The van der Waals surface area contributed by atoms with Crippen molar-refractivity contribution >= 4 is 21.7 Å². The van der Waals surface area contributed by atoms with Crippen molar-refractivity contribution in [2.45, 2.75) is 25.8 Å². The first-order valence-electron chi connectivity index (χ1n) is 5.79. The number of nitrogens with zero attached hydrogens (tertiary/aromatic N) is 2. The predicted molar refractivity (Wildman–Crippen MR) is 70.5 cm³/mol. The van der Waals surface area contributed by atoms with E-state index in [1.807, 2.05) is 12.3 Å².